The molecule has 0 radical (unpaired) electrons. The van der Waals surface area contributed by atoms with Crippen molar-refractivity contribution in [3.8, 4) is 0 Å². The second-order valence-corrected chi connectivity index (χ2v) is 55.9. The maximum absolute atomic E-state index is 13.3. The van der Waals surface area contributed by atoms with E-state index in [-0.39, 0.29) is 152 Å². The van der Waals surface area contributed by atoms with Crippen molar-refractivity contribution in [2.24, 2.45) is 22.9 Å². The molecule has 0 atom stereocenters. The maximum atomic E-state index is 13.3. The fourth-order valence-electron chi connectivity index (χ4n) is 14.7. The Bertz CT molecular complexity index is 6170. The Morgan fingerprint density at radius 2 is 0.715 bits per heavy atom. The van der Waals surface area contributed by atoms with Crippen LogP contribution in [0.2, 0.25) is 54.4 Å². The quantitative estimate of drug-likeness (QED) is 0.0249. The van der Waals surface area contributed by atoms with Crippen LogP contribution in [0, 0.1) is 11.8 Å². The molecule has 0 aromatic carbocycles. The van der Waals surface area contributed by atoms with E-state index in [9.17, 15) is 48.9 Å². The zero-order valence-electron chi connectivity index (χ0n) is 79.9. The third kappa shape index (κ3) is 28.3. The Labute approximate surface area is 863 Å². The monoisotopic (exact) mass is 2070 g/mol. The molecule has 6 amide bonds. The molecule has 15 rings (SSSR count). The Hall–Kier alpha value is -9.92. The molecule has 0 spiro atoms. The van der Waals surface area contributed by atoms with E-state index < -0.39 is 69.4 Å². The van der Waals surface area contributed by atoms with Crippen LogP contribution in [0.4, 0.5) is 63.1 Å². The number of carbonyl (C=O) groups is 7. The predicted octanol–water partition coefficient (Wildman–Crippen LogP) is 10.9. The molecule has 47 heteroatoms. The van der Waals surface area contributed by atoms with Crippen LogP contribution in [-0.2, 0) is 42.4 Å². The van der Waals surface area contributed by atoms with Gasteiger partial charge in [-0.25, -0.2) is 24.7 Å². The van der Waals surface area contributed by atoms with Gasteiger partial charge in [0.1, 0.15) is 62.1 Å². The number of carboxylic acids is 1. The summed E-state index contributed by atoms with van der Waals surface area (Å²) in [5, 5.41) is 43.5. The topological polar surface area (TPSA) is 627 Å². The van der Waals surface area contributed by atoms with E-state index in [1.54, 1.807) is 79.5 Å². The van der Waals surface area contributed by atoms with Gasteiger partial charge in [-0.1, -0.05) is 62.3 Å². The van der Waals surface area contributed by atoms with Crippen molar-refractivity contribution in [3.05, 3.63) is 146 Å². The number of aliphatic hydroxyl groups excluding tert-OH is 2. The Balaban J connectivity index is 0.000000215. The molecule has 0 unspecified atom stereocenters. The number of nitrogens with one attached hydrogen (secondary N) is 2. The number of hydrogen-bond donors (Lipinski definition) is 14. The first-order valence-corrected chi connectivity index (χ1v) is 56.7. The van der Waals surface area contributed by atoms with E-state index in [1.807, 2.05) is 11.0 Å². The zero-order valence-corrected chi connectivity index (χ0v) is 90.5. The number of nitrogen functional groups attached to an aromatic ring is 5. The fraction of sp³-hybridized carbons (Fsp3) is 0.433. The van der Waals surface area contributed by atoms with Crippen molar-refractivity contribution in [3.63, 3.8) is 0 Å². The van der Waals surface area contributed by atoms with E-state index in [0.717, 1.165) is 118 Å². The van der Waals surface area contributed by atoms with Gasteiger partial charge < -0.3 is 122 Å². The van der Waals surface area contributed by atoms with Gasteiger partial charge in [0.15, 0.2) is 25.0 Å². The molecular formula is C90H122KMnN23O15S4Si3. The molecule has 731 valence electrons. The van der Waals surface area contributed by atoms with Crippen LogP contribution in [0.3, 0.4) is 0 Å². The van der Waals surface area contributed by atoms with Crippen molar-refractivity contribution in [1.29, 1.82) is 5.26 Å². The number of anilines is 11. The van der Waals surface area contributed by atoms with Crippen LogP contribution in [0.1, 0.15) is 189 Å². The normalized spacial score (nSPS) is 14.8. The molecule has 38 nitrogen and oxygen atoms in total. The van der Waals surface area contributed by atoms with Crippen LogP contribution in [0.15, 0.2) is 97.8 Å². The molecule has 15 heterocycles. The SMILES string of the molecule is CC(C)(C)[Si](C)(C)OC1CCN(c2cc(C(=O)Nc3cccnc3)c3c(N)c(C(N)=O)sc3n2)CC1.CC(C)(C)[Si](C)(C)OC1CCN(c2cc(C(=O)O)c3c(N)c(C(N)=O)sc3n2)CC1.CC(C)(C)[Si](C)(C)OC1CCN(c2cc(CO)c3c(N)c(C(N)=O)sc3n2)CC1.NC(=O)c1sc2nc(N3CCC(O)CC3)cc(C(=O)Nc3cccnc3)c2c1N.Nc1cccnc1.[C-]#N.[K+].[O]=[Mn]=[O]. The Kier molecular flexibility index (Phi) is 39.6. The number of aromatic nitrogens is 7. The molecule has 0 saturated carbocycles. The molecular weight excluding hydrogens is 1950 g/mol. The zero-order chi connectivity index (χ0) is 101. The van der Waals surface area contributed by atoms with Crippen LogP contribution in [0.25, 0.3) is 40.9 Å². The van der Waals surface area contributed by atoms with Crippen LogP contribution < -0.4 is 133 Å². The van der Waals surface area contributed by atoms with Gasteiger partial charge in [0.25, 0.3) is 35.4 Å². The summed E-state index contributed by atoms with van der Waals surface area (Å²) in [6.07, 6.45) is 16.6. The third-order valence-electron chi connectivity index (χ3n) is 25.0. The number of thiophene rings is 4. The van der Waals surface area contributed by atoms with Gasteiger partial charge >= 0.3 is 79.8 Å². The summed E-state index contributed by atoms with van der Waals surface area (Å²) in [4.78, 5) is 127. The summed E-state index contributed by atoms with van der Waals surface area (Å²) in [6.45, 7) is 44.3. The summed E-state index contributed by atoms with van der Waals surface area (Å²) >= 11 is 2.96. The number of primary amides is 4. The summed E-state index contributed by atoms with van der Waals surface area (Å²) in [5.74, 6) is -1.77. The van der Waals surface area contributed by atoms with Gasteiger partial charge in [-0.2, -0.15) is 0 Å². The number of nitrogens with two attached hydrogens (primary N) is 9. The summed E-state index contributed by atoms with van der Waals surface area (Å²) < 4.78 is 36.6. The number of carboxylic acid groups (broad SMARTS) is 1. The van der Waals surface area contributed by atoms with E-state index in [2.05, 4.69) is 152 Å². The molecule has 0 bridgehead atoms. The van der Waals surface area contributed by atoms with E-state index >= 15 is 0 Å². The number of rotatable bonds is 20. The van der Waals surface area contributed by atoms with E-state index in [4.69, 9.17) is 94.4 Å². The number of amides is 6. The average Bonchev–Trinajstić information content (AvgIpc) is 1.62. The third-order valence-corrected chi connectivity index (χ3v) is 43.1. The molecule has 4 fully saturated rings. The number of nitrogens with zero attached hydrogens (tertiary/aromatic N) is 12. The van der Waals surface area contributed by atoms with E-state index in [0.29, 0.717) is 123 Å². The molecule has 4 saturated heterocycles. The minimum atomic E-state index is -1.85. The molecule has 4 aliphatic rings. The van der Waals surface area contributed by atoms with Crippen LogP contribution in [-0.4, -0.2) is 193 Å². The van der Waals surface area contributed by atoms with E-state index in [1.165, 1.54) is 23.6 Å². The van der Waals surface area contributed by atoms with Gasteiger partial charge in [-0.05, 0) is 172 Å². The first-order chi connectivity index (χ1) is 63.9. The van der Waals surface area contributed by atoms with Crippen molar-refractivity contribution < 1.29 is 136 Å². The van der Waals surface area contributed by atoms with Crippen molar-refractivity contribution in [2.75, 3.05) is 111 Å². The van der Waals surface area contributed by atoms with Gasteiger partial charge in [0, 0.05) is 117 Å². The summed E-state index contributed by atoms with van der Waals surface area (Å²) in [7, 11) is -5.47. The molecule has 11 aromatic rings. The Morgan fingerprint density at radius 3 is 0.964 bits per heavy atom. The second-order valence-electron chi connectivity index (χ2n) is 37.4. The number of carbonyl (C=O) groups excluding carboxylic acids is 6. The van der Waals surface area contributed by atoms with Gasteiger partial charge in [-0.3, -0.25) is 43.7 Å². The Morgan fingerprint density at radius 1 is 0.453 bits per heavy atom. The molecule has 23 N–H and O–H groups in total. The predicted molar refractivity (Wildman–Crippen MR) is 540 cm³/mol. The number of aromatic carboxylic acids is 1. The van der Waals surface area contributed by atoms with Crippen LogP contribution in [0.5, 0.6) is 0 Å². The van der Waals surface area contributed by atoms with Gasteiger partial charge in [-0.15, -0.1) is 45.3 Å². The summed E-state index contributed by atoms with van der Waals surface area (Å²) in [6, 6.07) is 17.3. The second kappa shape index (κ2) is 48.3. The molecule has 4 aliphatic heterocycles. The molecule has 0 aliphatic carbocycles. The number of hydrogen-bond acceptors (Lipinski definition) is 35. The number of aliphatic hydroxyl groups is 2. The standard InChI is InChI=1S/C25H34N6O3SSi.C20H30N4O4SSi.C20H32N4O3SSi.C19H20N6O3S.C5H6N2.CN.K.Mn.2O/c1-25(2,3)36(4,5)34-16-8-11-31(12-9-16)18-13-17(23(33)29-15-7-6-10-28-14-15)19-20(26)21(22(27)32)35-24(19)30-18;1-20(2,3)30(4,5)28-11-6-8-24(9-7-11)13-10-12(19(26)27)14-15(21)16(17(22)25)29-18(14)23-13;1-20(2,3)29(4,5)27-13-6-8-24(9-7-13)14-10-12(11-25)15-16(21)17(18(22)26)28-19(15)23-14;20-15-14-12(18(28)23-10-2-1-5-22-9-10)8-13(25-6-3-11(26)4-7-25)24-19(14)29-16(15)17(21)27;6-5-2-1-3-7-4-5;1-2;;;;/h6-7,10,13-14,16H,8-9,11-12,26H2,1-5H3,(H2,27,32)(H,29,33);10-11H,6-9,21H2,1-5H3,(H2,22,25)(H,26,27);10,13,25H,6-9,11,21H2,1-5H3,(H2,22,26);1-2,5,8-9,11,26H,3-4,6-7,20H2,(H2,21,27)(H,23,28);1-4H,6H2;;;;;/q;;;;;-1;+1;;;. The first-order valence-electron chi connectivity index (χ1n) is 43.7. The summed E-state index contributed by atoms with van der Waals surface area (Å²) in [5.41, 5.74) is 55.5. The average molecular weight is 2070 g/mol. The fourth-order valence-corrected chi connectivity index (χ4v) is 22.8. The van der Waals surface area contributed by atoms with Crippen molar-refractivity contribution >= 4 is 216 Å². The number of piperidine rings is 4. The first kappa shape index (κ1) is 112. The molecule has 137 heavy (non-hydrogen) atoms. The van der Waals surface area contributed by atoms with Crippen LogP contribution >= 0.6 is 45.3 Å². The minimum absolute atomic E-state index is 0. The number of pyridine rings is 7. The molecule has 11 aromatic heterocycles. The van der Waals surface area contributed by atoms with Crippen molar-refractivity contribution in [2.45, 2.75) is 199 Å². The number of fused-ring (bicyclic) bond motifs is 4. The van der Waals surface area contributed by atoms with Crippen molar-refractivity contribution in [1.82, 2.24) is 34.9 Å². The van der Waals surface area contributed by atoms with Gasteiger partial charge in [0.05, 0.1) is 81.6 Å². The van der Waals surface area contributed by atoms with Gasteiger partial charge in [0.2, 0.25) is 0 Å².